The summed E-state index contributed by atoms with van der Waals surface area (Å²) in [4.78, 5) is 14.3. The van der Waals surface area contributed by atoms with Crippen LogP contribution in [0, 0.1) is 12.8 Å². The zero-order valence-corrected chi connectivity index (χ0v) is 36.7. The quantitative estimate of drug-likeness (QED) is 0.0815. The van der Waals surface area contributed by atoms with Crippen molar-refractivity contribution in [1.29, 1.82) is 0 Å². The van der Waals surface area contributed by atoms with E-state index in [-0.39, 0.29) is 57.0 Å². The van der Waals surface area contributed by atoms with E-state index in [0.29, 0.717) is 24.6 Å². The second kappa shape index (κ2) is 39.0. The summed E-state index contributed by atoms with van der Waals surface area (Å²) in [7, 11) is 5.58. The molecule has 0 saturated carbocycles. The largest absolute Gasteiger partial charge is 0.699 e. The predicted molar refractivity (Wildman–Crippen MR) is 215 cm³/mol. The summed E-state index contributed by atoms with van der Waals surface area (Å²) in [6.45, 7) is 12.9. The summed E-state index contributed by atoms with van der Waals surface area (Å²) in [6, 6.07) is 20.4. The number of carboxylic acid groups (broad SMARTS) is 1. The number of aryl methyl sites for hydroxylation is 1. The minimum Gasteiger partial charge on any atom is -0.699 e. The Hall–Kier alpha value is -2.83. The Morgan fingerprint density at radius 1 is 0.982 bits per heavy atom. The average molecular weight is 872 g/mol. The van der Waals surface area contributed by atoms with Crippen LogP contribution in [-0.4, -0.2) is 116 Å². The van der Waals surface area contributed by atoms with Crippen LogP contribution >= 0.6 is 0 Å². The minimum absolute atomic E-state index is 0. The fraction of sp³-hybridized carbons (Fsp3) is 0.525. The molecule has 0 bridgehead atoms. The maximum Gasteiger partial charge on any atom is 0.290 e. The molecular weight excluding hydrogens is 805 g/mol. The van der Waals surface area contributed by atoms with Crippen LogP contribution in [0.25, 0.3) is 5.73 Å². The van der Waals surface area contributed by atoms with Gasteiger partial charge in [0.25, 0.3) is 12.9 Å². The molecule has 317 valence electrons. The van der Waals surface area contributed by atoms with Crippen LogP contribution in [0.5, 0.6) is 11.5 Å². The number of nitrogens with zero attached hydrogens (tertiary/aromatic N) is 1. The summed E-state index contributed by atoms with van der Waals surface area (Å²) in [6.07, 6.45) is 0.757. The predicted octanol–water partition coefficient (Wildman–Crippen LogP) is 6.26. The number of likely N-dealkylation sites (tertiary alicyclic amines) is 1. The molecule has 16 heteroatoms. The second-order valence-electron chi connectivity index (χ2n) is 12.6. The van der Waals surface area contributed by atoms with Crippen molar-refractivity contribution in [2.75, 3.05) is 67.1 Å². The summed E-state index contributed by atoms with van der Waals surface area (Å²) in [5.74, 6) is 2.08. The van der Waals surface area contributed by atoms with E-state index in [1.54, 1.807) is 63.5 Å². The number of aromatic hydroxyl groups is 1. The Morgan fingerprint density at radius 3 is 1.79 bits per heavy atom. The van der Waals surface area contributed by atoms with Gasteiger partial charge in [-0.25, -0.2) is 13.7 Å². The van der Waals surface area contributed by atoms with Crippen molar-refractivity contribution in [1.82, 2.24) is 20.9 Å². The second-order valence-corrected chi connectivity index (χ2v) is 12.6. The number of hydrogen-bond acceptors (Lipinski definition) is 11. The summed E-state index contributed by atoms with van der Waals surface area (Å²) >= 11 is 0. The molecule has 3 aliphatic heterocycles. The van der Waals surface area contributed by atoms with Gasteiger partial charge in [0.15, 0.2) is 0 Å². The van der Waals surface area contributed by atoms with Gasteiger partial charge in [0.1, 0.15) is 11.5 Å². The summed E-state index contributed by atoms with van der Waals surface area (Å²) < 4.78 is 29.2. The molecule has 13 nitrogen and oxygen atoms in total. The SMILES string of the molecule is CC1CCN(C)C1.CCOO.CNCc1cccc(C(F)F)c1.COc1ccc([NH-])cc1.Cc1ccc(O)cc1.O=CO.OC1CCNC1.OC1CCNC1.[Y]. The van der Waals surface area contributed by atoms with E-state index in [1.807, 2.05) is 25.1 Å². The minimum atomic E-state index is -2.37. The molecule has 0 aliphatic carbocycles. The van der Waals surface area contributed by atoms with Gasteiger partial charge >= 0.3 is 0 Å². The summed E-state index contributed by atoms with van der Waals surface area (Å²) in [5, 5.41) is 49.3. The molecule has 0 amide bonds. The van der Waals surface area contributed by atoms with Gasteiger partial charge in [-0.3, -0.25) is 10.1 Å². The number of aliphatic hydroxyl groups is 2. The maximum absolute atomic E-state index is 12.2. The fourth-order valence-electron chi connectivity index (χ4n) is 4.61. The van der Waals surface area contributed by atoms with Crippen LogP contribution in [0.3, 0.4) is 0 Å². The molecule has 3 fully saturated rings. The molecule has 3 heterocycles. The van der Waals surface area contributed by atoms with E-state index in [1.165, 1.54) is 37.2 Å². The number of ether oxygens (including phenoxy) is 1. The number of methoxy groups -OCH3 is 1. The van der Waals surface area contributed by atoms with Gasteiger partial charge in [0, 0.05) is 64.5 Å². The Morgan fingerprint density at radius 2 is 1.50 bits per heavy atom. The first-order valence-corrected chi connectivity index (χ1v) is 18.2. The number of nitrogens with one attached hydrogen (secondary N) is 4. The van der Waals surface area contributed by atoms with Crippen molar-refractivity contribution in [3.8, 4) is 11.5 Å². The van der Waals surface area contributed by atoms with Crippen molar-refractivity contribution in [2.24, 2.45) is 5.92 Å². The number of benzene rings is 3. The third kappa shape index (κ3) is 35.6. The van der Waals surface area contributed by atoms with Crippen molar-refractivity contribution >= 4 is 12.2 Å². The van der Waals surface area contributed by atoms with E-state index in [2.05, 4.69) is 39.7 Å². The zero-order valence-electron chi connectivity index (χ0n) is 33.8. The van der Waals surface area contributed by atoms with Gasteiger partial charge in [-0.2, -0.15) is 0 Å². The molecule has 6 rings (SSSR count). The van der Waals surface area contributed by atoms with Crippen LogP contribution in [0.15, 0.2) is 72.8 Å². The van der Waals surface area contributed by atoms with Gasteiger partial charge in [0.05, 0.1) is 25.9 Å². The molecule has 3 saturated heterocycles. The van der Waals surface area contributed by atoms with E-state index in [4.69, 9.17) is 40.9 Å². The zero-order chi connectivity index (χ0) is 41.9. The van der Waals surface area contributed by atoms with E-state index < -0.39 is 6.43 Å². The van der Waals surface area contributed by atoms with Crippen LogP contribution in [0.4, 0.5) is 14.5 Å². The van der Waals surface area contributed by atoms with Gasteiger partial charge in [-0.05, 0) is 109 Å². The number of alkyl halides is 2. The molecule has 0 aromatic heterocycles. The Balaban J connectivity index is -0.000000588. The first-order chi connectivity index (χ1) is 26.3. The van der Waals surface area contributed by atoms with E-state index in [0.717, 1.165) is 56.3 Å². The average Bonchev–Trinajstić information content (AvgIpc) is 3.96. The number of rotatable bonds is 5. The van der Waals surface area contributed by atoms with Gasteiger partial charge < -0.3 is 51.7 Å². The topological polar surface area (TPSA) is 200 Å². The van der Waals surface area contributed by atoms with Crippen LogP contribution in [0.1, 0.15) is 56.2 Å². The third-order valence-electron chi connectivity index (χ3n) is 7.53. The smallest absolute Gasteiger partial charge is 0.290 e. The normalized spacial score (nSPS) is 17.5. The van der Waals surface area contributed by atoms with Crippen molar-refractivity contribution in [3.05, 3.63) is 95.2 Å². The molecule has 3 aliphatic rings. The van der Waals surface area contributed by atoms with Crippen LogP contribution in [-0.2, 0) is 48.9 Å². The molecule has 3 atom stereocenters. The molecular formula is C40H66F2N5O8Y-. The monoisotopic (exact) mass is 871 g/mol. The molecule has 3 unspecified atom stereocenters. The van der Waals surface area contributed by atoms with Gasteiger partial charge in [0.2, 0.25) is 0 Å². The molecule has 3 aromatic carbocycles. The van der Waals surface area contributed by atoms with Crippen LogP contribution < -0.4 is 20.7 Å². The Labute approximate surface area is 357 Å². The molecule has 0 spiro atoms. The summed E-state index contributed by atoms with van der Waals surface area (Å²) in [5.41, 5.74) is 9.76. The number of phenolic OH excluding ortho intramolecular Hbond substituents is 1. The number of aliphatic hydroxyl groups excluding tert-OH is 2. The van der Waals surface area contributed by atoms with E-state index in [9.17, 15) is 8.78 Å². The first-order valence-electron chi connectivity index (χ1n) is 18.2. The maximum atomic E-state index is 12.2. The fourth-order valence-corrected chi connectivity index (χ4v) is 4.61. The molecule has 9 N–H and O–H groups in total. The van der Waals surface area contributed by atoms with Crippen molar-refractivity contribution in [2.45, 2.75) is 65.2 Å². The van der Waals surface area contributed by atoms with Gasteiger partial charge in [-0.15, -0.1) is 5.69 Å². The number of hydrogen-bond donors (Lipinski definition) is 8. The number of phenols is 1. The van der Waals surface area contributed by atoms with Crippen molar-refractivity contribution < 1.29 is 81.6 Å². The van der Waals surface area contributed by atoms with Crippen LogP contribution in [0.2, 0.25) is 0 Å². The molecule has 1 radical (unpaired) electrons. The third-order valence-corrected chi connectivity index (χ3v) is 7.53. The molecule has 3 aromatic rings. The van der Waals surface area contributed by atoms with Crippen molar-refractivity contribution in [3.63, 3.8) is 0 Å². The number of halogens is 2. The number of β-amino-alcohol motifs (C(OH)–C–C–N with tert-alkyl or cyclic N) is 2. The molecule has 56 heavy (non-hydrogen) atoms. The number of carbonyl (C=O) groups is 1. The standard InChI is InChI=1S/C9H11F2N.C7H8NO.C7H8O.C6H13N.2C4H9NO.C2H6O2.CH2O2.Y/c1-12-6-7-3-2-4-8(5-7)9(10)11;1-9-7-4-2-6(8)3-5-7;1-6-2-4-7(8)5-3-6;1-6-3-4-7(2)5-6;2*6-4-1-2-5-3-4;1-2-4-3;2-1-3;/h2-5,9,12H,6H2,1H3;2-5,8H,1H3;2-5,8H,1H3;6H,3-5H2,1-2H3;2*4-6H,1-3H2;3H,2H2,1H3;1H,(H,2,3);/q;-1;;;;;;;. The van der Waals surface area contributed by atoms with Gasteiger partial charge in [-0.1, -0.05) is 55.0 Å². The van der Waals surface area contributed by atoms with E-state index >= 15 is 0 Å². The Kier molecular flexibility index (Phi) is 40.1. The Bertz CT molecular complexity index is 1250. The first kappa shape index (κ1) is 57.5.